The predicted molar refractivity (Wildman–Crippen MR) is 77.9 cm³/mol. The number of quaternary nitrogens is 1. The van der Waals surface area contributed by atoms with Crippen LogP contribution in [0.15, 0.2) is 44.4 Å². The van der Waals surface area contributed by atoms with E-state index in [9.17, 15) is 13.2 Å². The molecule has 2 aromatic rings. The molecule has 21 heavy (non-hydrogen) atoms. The van der Waals surface area contributed by atoms with E-state index >= 15 is 0 Å². The lowest BCUT2D eigenvalue weighted by Crippen LogP contribution is -3.12. The van der Waals surface area contributed by atoms with E-state index in [1.165, 1.54) is 27.4 Å². The van der Waals surface area contributed by atoms with Crippen molar-refractivity contribution < 1.29 is 17.7 Å². The largest absolute Gasteiger partial charge is 0.423 e. The molecule has 1 aromatic heterocycles. The van der Waals surface area contributed by atoms with Crippen molar-refractivity contribution in [2.75, 3.05) is 33.2 Å². The third-order valence-electron chi connectivity index (χ3n) is 3.80. The third kappa shape index (κ3) is 2.72. The minimum atomic E-state index is -3.49. The van der Waals surface area contributed by atoms with Crippen molar-refractivity contribution in [1.29, 1.82) is 0 Å². The summed E-state index contributed by atoms with van der Waals surface area (Å²) < 4.78 is 31.8. The first-order valence-electron chi connectivity index (χ1n) is 6.82. The summed E-state index contributed by atoms with van der Waals surface area (Å²) in [5.41, 5.74) is -0.0515. The van der Waals surface area contributed by atoms with Crippen molar-refractivity contribution in [2.24, 2.45) is 0 Å². The average Bonchev–Trinajstić information content (AvgIpc) is 2.47. The average molecular weight is 309 g/mol. The summed E-state index contributed by atoms with van der Waals surface area (Å²) in [6.07, 6.45) is 0. The van der Waals surface area contributed by atoms with Crippen LogP contribution in [0.5, 0.6) is 0 Å². The second-order valence-corrected chi connectivity index (χ2v) is 7.25. The molecule has 0 aliphatic carbocycles. The Labute approximate surface area is 122 Å². The summed E-state index contributed by atoms with van der Waals surface area (Å²) in [5.74, 6) is 0. The highest BCUT2D eigenvalue weighted by Gasteiger charge is 2.29. The summed E-state index contributed by atoms with van der Waals surface area (Å²) >= 11 is 0. The van der Waals surface area contributed by atoms with Crippen LogP contribution in [-0.4, -0.2) is 45.9 Å². The van der Waals surface area contributed by atoms with Crippen molar-refractivity contribution in [2.45, 2.75) is 4.90 Å². The van der Waals surface area contributed by atoms with Crippen LogP contribution in [0.25, 0.3) is 11.0 Å². The normalized spacial score (nSPS) is 18.1. The quantitative estimate of drug-likeness (QED) is 0.746. The maximum Gasteiger partial charge on any atom is 0.336 e. The standard InChI is InChI=1S/C14H16N2O4S/c1-15-6-8-16(9-7-15)21(18,19)12-3-4-13-11(10-12)2-5-14(17)20-13/h2-5,10H,6-9H2,1H3/p+1. The molecule has 1 saturated heterocycles. The Morgan fingerprint density at radius 2 is 1.86 bits per heavy atom. The van der Waals surface area contributed by atoms with Crippen molar-refractivity contribution in [3.05, 3.63) is 40.8 Å². The van der Waals surface area contributed by atoms with Crippen molar-refractivity contribution >= 4 is 21.0 Å². The molecule has 1 N–H and O–H groups in total. The SMILES string of the molecule is C[NH+]1CCN(S(=O)(=O)c2ccc3oc(=O)ccc3c2)CC1. The molecule has 1 fully saturated rings. The first-order chi connectivity index (χ1) is 9.96. The van der Waals surface area contributed by atoms with Crippen LogP contribution in [0.2, 0.25) is 0 Å². The lowest BCUT2D eigenvalue weighted by molar-refractivity contribution is -0.883. The molecule has 112 valence electrons. The predicted octanol–water partition coefficient (Wildman–Crippen LogP) is -0.688. The van der Waals surface area contributed by atoms with E-state index in [2.05, 4.69) is 7.05 Å². The van der Waals surface area contributed by atoms with E-state index < -0.39 is 15.6 Å². The molecule has 0 unspecified atom stereocenters. The third-order valence-corrected chi connectivity index (χ3v) is 5.70. The molecule has 3 rings (SSSR count). The molecule has 0 atom stereocenters. The lowest BCUT2D eigenvalue weighted by Gasteiger charge is -2.29. The number of benzene rings is 1. The van der Waals surface area contributed by atoms with Gasteiger partial charge in [-0.15, -0.1) is 0 Å². The second-order valence-electron chi connectivity index (χ2n) is 5.32. The van der Waals surface area contributed by atoms with Crippen LogP contribution in [0.1, 0.15) is 0 Å². The maximum absolute atomic E-state index is 12.6. The van der Waals surface area contributed by atoms with Crippen LogP contribution in [0.4, 0.5) is 0 Å². The van der Waals surface area contributed by atoms with Gasteiger partial charge in [0.2, 0.25) is 10.0 Å². The Kier molecular flexibility index (Phi) is 3.56. The molecule has 1 aromatic carbocycles. The van der Waals surface area contributed by atoms with E-state index in [4.69, 9.17) is 4.42 Å². The van der Waals surface area contributed by atoms with Crippen LogP contribution in [-0.2, 0) is 10.0 Å². The minimum absolute atomic E-state index is 0.239. The first-order valence-corrected chi connectivity index (χ1v) is 8.26. The summed E-state index contributed by atoms with van der Waals surface area (Å²) in [4.78, 5) is 12.7. The summed E-state index contributed by atoms with van der Waals surface area (Å²) in [6.45, 7) is 2.66. The van der Waals surface area contributed by atoms with Crippen molar-refractivity contribution in [1.82, 2.24) is 4.31 Å². The molecule has 0 bridgehead atoms. The lowest BCUT2D eigenvalue weighted by atomic mass is 10.2. The summed E-state index contributed by atoms with van der Waals surface area (Å²) in [6, 6.07) is 7.45. The zero-order valence-corrected chi connectivity index (χ0v) is 12.5. The minimum Gasteiger partial charge on any atom is -0.423 e. The highest BCUT2D eigenvalue weighted by atomic mass is 32.2. The molecule has 2 heterocycles. The van der Waals surface area contributed by atoms with Gasteiger partial charge in [-0.25, -0.2) is 13.2 Å². The Morgan fingerprint density at radius 1 is 1.14 bits per heavy atom. The van der Waals surface area contributed by atoms with Crippen molar-refractivity contribution in [3.63, 3.8) is 0 Å². The highest BCUT2D eigenvalue weighted by Crippen LogP contribution is 2.21. The van der Waals surface area contributed by atoms with Gasteiger partial charge in [-0.1, -0.05) is 0 Å². The molecule has 6 nitrogen and oxygen atoms in total. The van der Waals surface area contributed by atoms with Crippen LogP contribution in [0.3, 0.4) is 0 Å². The Hall–Kier alpha value is -1.70. The van der Waals surface area contributed by atoms with Gasteiger partial charge in [0, 0.05) is 11.5 Å². The van der Waals surface area contributed by atoms with Crippen LogP contribution >= 0.6 is 0 Å². The number of nitrogens with one attached hydrogen (secondary N) is 1. The molecular weight excluding hydrogens is 292 g/mol. The fourth-order valence-corrected chi connectivity index (χ4v) is 3.95. The van der Waals surface area contributed by atoms with Gasteiger partial charge < -0.3 is 9.32 Å². The number of sulfonamides is 1. The van der Waals surface area contributed by atoms with E-state index in [1.807, 2.05) is 0 Å². The first kappa shape index (κ1) is 14.2. The fraction of sp³-hybridized carbons (Fsp3) is 0.357. The number of hydrogen-bond donors (Lipinski definition) is 1. The molecule has 1 aliphatic rings. The Bertz CT molecular complexity index is 820. The van der Waals surface area contributed by atoms with Gasteiger partial charge in [-0.2, -0.15) is 4.31 Å². The molecule has 0 saturated carbocycles. The molecule has 7 heteroatoms. The molecule has 0 amide bonds. The summed E-state index contributed by atoms with van der Waals surface area (Å²) in [5, 5.41) is 0.607. The number of piperazine rings is 1. The van der Waals surface area contributed by atoms with Gasteiger partial charge in [0.25, 0.3) is 0 Å². The second kappa shape index (κ2) is 5.25. The summed E-state index contributed by atoms with van der Waals surface area (Å²) in [7, 11) is -1.43. The van der Waals surface area contributed by atoms with Gasteiger partial charge in [0.15, 0.2) is 0 Å². The van der Waals surface area contributed by atoms with Gasteiger partial charge in [-0.3, -0.25) is 0 Å². The van der Waals surface area contributed by atoms with Gasteiger partial charge >= 0.3 is 5.63 Å². The van der Waals surface area contributed by atoms with E-state index in [0.29, 0.717) is 24.1 Å². The molecule has 0 spiro atoms. The van der Waals surface area contributed by atoms with E-state index in [-0.39, 0.29) is 4.90 Å². The topological polar surface area (TPSA) is 72.0 Å². The maximum atomic E-state index is 12.6. The van der Waals surface area contributed by atoms with Crippen LogP contribution < -0.4 is 10.5 Å². The zero-order valence-electron chi connectivity index (χ0n) is 11.7. The van der Waals surface area contributed by atoms with Gasteiger partial charge in [0.05, 0.1) is 38.1 Å². The van der Waals surface area contributed by atoms with E-state index in [0.717, 1.165) is 13.1 Å². The number of hydrogen-bond acceptors (Lipinski definition) is 4. The molecule has 0 radical (unpaired) electrons. The fourth-order valence-electron chi connectivity index (χ4n) is 2.47. The van der Waals surface area contributed by atoms with Crippen molar-refractivity contribution in [3.8, 4) is 0 Å². The van der Waals surface area contributed by atoms with Gasteiger partial charge in [0.1, 0.15) is 5.58 Å². The zero-order chi connectivity index (χ0) is 15.0. The van der Waals surface area contributed by atoms with Gasteiger partial charge in [-0.05, 0) is 24.3 Å². The number of fused-ring (bicyclic) bond motifs is 1. The smallest absolute Gasteiger partial charge is 0.336 e. The Morgan fingerprint density at radius 3 is 2.57 bits per heavy atom. The highest BCUT2D eigenvalue weighted by molar-refractivity contribution is 7.89. The Balaban J connectivity index is 1.99. The number of likely N-dealkylation sites (N-methyl/N-ethyl adjacent to an activating group) is 1. The number of rotatable bonds is 2. The monoisotopic (exact) mass is 309 g/mol. The number of nitrogens with zero attached hydrogens (tertiary/aromatic N) is 1. The van der Waals surface area contributed by atoms with Crippen LogP contribution in [0, 0.1) is 0 Å². The molecular formula is C14H17N2O4S+. The molecule has 1 aliphatic heterocycles. The van der Waals surface area contributed by atoms with E-state index in [1.54, 1.807) is 12.1 Å².